The summed E-state index contributed by atoms with van der Waals surface area (Å²) in [5.74, 6) is -4.59. The van der Waals surface area contributed by atoms with E-state index in [2.05, 4.69) is 15.6 Å². The summed E-state index contributed by atoms with van der Waals surface area (Å²) in [7, 11) is 1.66. The molecule has 1 fully saturated rings. The molecule has 4 N–H and O–H groups in total. The van der Waals surface area contributed by atoms with Crippen LogP contribution in [0, 0.1) is 5.92 Å². The van der Waals surface area contributed by atoms with E-state index >= 15 is 0 Å². The molecule has 0 aliphatic carbocycles. The Labute approximate surface area is 233 Å². The van der Waals surface area contributed by atoms with Gasteiger partial charge in [-0.3, -0.25) is 19.3 Å². The Morgan fingerprint density at radius 3 is 2.30 bits per heavy atom. The Hall–Kier alpha value is -3.81. The van der Waals surface area contributed by atoms with Gasteiger partial charge < -0.3 is 30.2 Å². The van der Waals surface area contributed by atoms with Crippen molar-refractivity contribution in [3.63, 3.8) is 0 Å². The van der Waals surface area contributed by atoms with Crippen molar-refractivity contribution in [3.05, 3.63) is 54.2 Å². The number of aliphatic carboxylic acids is 1. The summed E-state index contributed by atoms with van der Waals surface area (Å²) in [6.07, 6.45) is -2.58. The molecule has 13 heteroatoms. The van der Waals surface area contributed by atoms with Crippen molar-refractivity contribution in [2.75, 3.05) is 14.1 Å². The first kappa shape index (κ1) is 30.7. The highest BCUT2D eigenvalue weighted by atomic mass is 16.6. The van der Waals surface area contributed by atoms with Crippen LogP contribution in [-0.2, 0) is 23.7 Å². The third-order valence-corrected chi connectivity index (χ3v) is 6.33. The topological polar surface area (TPSA) is 167 Å². The van der Waals surface area contributed by atoms with E-state index in [1.54, 1.807) is 12.1 Å². The van der Waals surface area contributed by atoms with Crippen molar-refractivity contribution in [1.29, 1.82) is 0 Å². The van der Waals surface area contributed by atoms with Crippen molar-refractivity contribution in [1.82, 2.24) is 20.5 Å². The van der Waals surface area contributed by atoms with E-state index in [0.717, 1.165) is 5.56 Å². The van der Waals surface area contributed by atoms with Crippen LogP contribution in [0.5, 0.6) is 0 Å². The fraction of sp³-hybridized carbons (Fsp3) is 0.444. The predicted molar refractivity (Wildman–Crippen MR) is 146 cm³/mol. The van der Waals surface area contributed by atoms with Crippen LogP contribution in [0.4, 0.5) is 0 Å². The van der Waals surface area contributed by atoms with E-state index in [-0.39, 0.29) is 18.0 Å². The maximum absolute atomic E-state index is 13.3. The number of benzene rings is 1. The standard InChI is InChI=1S/C27H35BN4O8/c1-15(2)14-20(28-39-23(26(36)37)22(32(4)5)27(38)40-28)30-25(35)21(16(3)33)31-24(34)19-13-9-12-18(29-19)17-10-7-6-8-11-17/h6-13,15-16,20-23,33H,14H2,1-5H3,(H,30,35)(H,31,34)(H,36,37)/t16-,20+,21+,22+,23-/m1/s1. The van der Waals surface area contributed by atoms with Crippen LogP contribution in [-0.4, -0.2) is 95.3 Å². The van der Waals surface area contributed by atoms with Crippen LogP contribution in [0.2, 0.25) is 0 Å². The molecule has 1 aliphatic heterocycles. The van der Waals surface area contributed by atoms with Crippen molar-refractivity contribution in [2.45, 2.75) is 57.4 Å². The molecule has 0 spiro atoms. The van der Waals surface area contributed by atoms with E-state index in [1.165, 1.54) is 32.0 Å². The Morgan fingerprint density at radius 1 is 1.05 bits per heavy atom. The normalized spacial score (nSPS) is 19.5. The van der Waals surface area contributed by atoms with Crippen LogP contribution in [0.1, 0.15) is 37.7 Å². The van der Waals surface area contributed by atoms with Crippen LogP contribution in [0.25, 0.3) is 11.3 Å². The molecule has 12 nitrogen and oxygen atoms in total. The smallest absolute Gasteiger partial charge is 0.507 e. The number of nitrogens with one attached hydrogen (secondary N) is 2. The number of hydrogen-bond donors (Lipinski definition) is 4. The van der Waals surface area contributed by atoms with Gasteiger partial charge in [-0.2, -0.15) is 0 Å². The van der Waals surface area contributed by atoms with Gasteiger partial charge in [0.15, 0.2) is 6.10 Å². The molecule has 3 rings (SSSR count). The quantitative estimate of drug-likeness (QED) is 0.291. The molecular weight excluding hydrogens is 519 g/mol. The van der Waals surface area contributed by atoms with E-state index in [9.17, 15) is 29.4 Å². The van der Waals surface area contributed by atoms with Gasteiger partial charge in [0.2, 0.25) is 5.91 Å². The lowest BCUT2D eigenvalue weighted by molar-refractivity contribution is -0.165. The van der Waals surface area contributed by atoms with Crippen molar-refractivity contribution in [3.8, 4) is 11.3 Å². The first-order chi connectivity index (χ1) is 18.9. The summed E-state index contributed by atoms with van der Waals surface area (Å²) < 4.78 is 11.1. The van der Waals surface area contributed by atoms with E-state index < -0.39 is 61.1 Å². The maximum Gasteiger partial charge on any atom is 0.552 e. The lowest BCUT2D eigenvalue weighted by atomic mass is 9.72. The van der Waals surface area contributed by atoms with Gasteiger partial charge in [0.05, 0.1) is 17.7 Å². The molecule has 214 valence electrons. The molecular formula is C27H35BN4O8. The second kappa shape index (κ2) is 13.5. The Morgan fingerprint density at radius 2 is 1.73 bits per heavy atom. The number of carbonyl (C=O) groups excluding carboxylic acids is 3. The Balaban J connectivity index is 1.78. The predicted octanol–water partition coefficient (Wildman–Crippen LogP) is 0.743. The number of hydrogen-bond acceptors (Lipinski definition) is 9. The number of rotatable bonds is 11. The lowest BCUT2D eigenvalue weighted by Crippen LogP contribution is -2.65. The summed E-state index contributed by atoms with van der Waals surface area (Å²) in [6.45, 7) is 5.07. The minimum absolute atomic E-state index is 0.0213. The number of aliphatic hydroxyl groups is 1. The molecule has 0 bridgehead atoms. The third-order valence-electron chi connectivity index (χ3n) is 6.33. The molecule has 2 aromatic rings. The molecule has 2 amide bonds. The minimum atomic E-state index is -1.52. The number of carboxylic acids is 1. The molecule has 1 aliphatic rings. The Bertz CT molecular complexity index is 1210. The van der Waals surface area contributed by atoms with Crippen molar-refractivity contribution >= 4 is 30.9 Å². The van der Waals surface area contributed by atoms with E-state index in [4.69, 9.17) is 9.31 Å². The first-order valence-corrected chi connectivity index (χ1v) is 13.0. The fourth-order valence-corrected chi connectivity index (χ4v) is 4.38. The minimum Gasteiger partial charge on any atom is -0.507 e. The van der Waals surface area contributed by atoms with Gasteiger partial charge >= 0.3 is 19.1 Å². The summed E-state index contributed by atoms with van der Waals surface area (Å²) in [4.78, 5) is 56.7. The first-order valence-electron chi connectivity index (χ1n) is 13.0. The number of aliphatic hydroxyl groups excluding tert-OH is 1. The average Bonchev–Trinajstić information content (AvgIpc) is 2.90. The SMILES string of the molecule is CC(C)C[C@H](NC(=O)[C@@H](NC(=O)c1cccc(-c2ccccc2)n1)[C@@H](C)O)B1OC(=O)[C@@H](N(C)C)[C@H](C(=O)O)O1. The molecule has 2 heterocycles. The van der Waals surface area contributed by atoms with Gasteiger partial charge in [-0.15, -0.1) is 0 Å². The highest BCUT2D eigenvalue weighted by Gasteiger charge is 2.51. The molecule has 0 unspecified atom stereocenters. The van der Waals surface area contributed by atoms with Gasteiger partial charge in [-0.25, -0.2) is 9.78 Å². The third kappa shape index (κ3) is 7.65. The van der Waals surface area contributed by atoms with Crippen LogP contribution in [0.3, 0.4) is 0 Å². The number of aromatic nitrogens is 1. The summed E-state index contributed by atoms with van der Waals surface area (Å²) in [6, 6.07) is 11.6. The number of nitrogens with zero attached hydrogens (tertiary/aromatic N) is 2. The van der Waals surface area contributed by atoms with Gasteiger partial charge in [0.1, 0.15) is 17.8 Å². The number of carboxylic acid groups (broad SMARTS) is 1. The molecule has 1 saturated heterocycles. The van der Waals surface area contributed by atoms with Crippen molar-refractivity contribution in [2.24, 2.45) is 5.92 Å². The maximum atomic E-state index is 13.3. The van der Waals surface area contributed by atoms with Gasteiger partial charge in [-0.1, -0.05) is 50.2 Å². The molecule has 5 atom stereocenters. The lowest BCUT2D eigenvalue weighted by Gasteiger charge is -2.38. The van der Waals surface area contributed by atoms with E-state index in [1.807, 2.05) is 44.2 Å². The highest BCUT2D eigenvalue weighted by molar-refractivity contribution is 6.50. The second-order valence-electron chi connectivity index (χ2n) is 10.3. The molecule has 0 saturated carbocycles. The number of carbonyl (C=O) groups is 4. The summed E-state index contributed by atoms with van der Waals surface area (Å²) in [5, 5.41) is 25.2. The number of pyridine rings is 1. The monoisotopic (exact) mass is 554 g/mol. The zero-order valence-electron chi connectivity index (χ0n) is 23.1. The van der Waals surface area contributed by atoms with Crippen LogP contribution < -0.4 is 10.6 Å². The van der Waals surface area contributed by atoms with E-state index in [0.29, 0.717) is 5.69 Å². The average molecular weight is 554 g/mol. The van der Waals surface area contributed by atoms with Crippen LogP contribution in [0.15, 0.2) is 48.5 Å². The Kier molecular flexibility index (Phi) is 10.4. The molecule has 40 heavy (non-hydrogen) atoms. The molecule has 0 radical (unpaired) electrons. The van der Waals surface area contributed by atoms with Crippen molar-refractivity contribution < 1.29 is 38.7 Å². The van der Waals surface area contributed by atoms with Gasteiger partial charge in [0, 0.05) is 5.56 Å². The second-order valence-corrected chi connectivity index (χ2v) is 10.3. The van der Waals surface area contributed by atoms with Gasteiger partial charge in [0.25, 0.3) is 5.91 Å². The number of likely N-dealkylation sites (N-methyl/N-ethyl adjacent to an activating group) is 1. The zero-order valence-corrected chi connectivity index (χ0v) is 23.1. The summed E-state index contributed by atoms with van der Waals surface area (Å²) in [5.41, 5.74) is 1.40. The zero-order chi connectivity index (χ0) is 29.6. The fourth-order valence-electron chi connectivity index (χ4n) is 4.38. The van der Waals surface area contributed by atoms with Gasteiger partial charge in [-0.05, 0) is 45.5 Å². The molecule has 1 aromatic heterocycles. The number of amides is 2. The highest BCUT2D eigenvalue weighted by Crippen LogP contribution is 2.21. The summed E-state index contributed by atoms with van der Waals surface area (Å²) >= 11 is 0. The largest absolute Gasteiger partial charge is 0.552 e. The van der Waals surface area contributed by atoms with Crippen LogP contribution >= 0.6 is 0 Å². The molecule has 1 aromatic carbocycles.